The molecule has 5 rings (SSSR count). The summed E-state index contributed by atoms with van der Waals surface area (Å²) >= 11 is 0. The molecule has 3 fully saturated rings. The zero-order valence-electron chi connectivity index (χ0n) is 43.2. The first-order valence-corrected chi connectivity index (χ1v) is 25.1. The van der Waals surface area contributed by atoms with Gasteiger partial charge >= 0.3 is 5.97 Å². The van der Waals surface area contributed by atoms with Crippen molar-refractivity contribution in [3.8, 4) is 5.75 Å². The molecule has 14 atom stereocenters. The normalized spacial score (nSPS) is 35.1. The van der Waals surface area contributed by atoms with E-state index in [1.807, 2.05) is 53.7 Å². The van der Waals surface area contributed by atoms with Crippen LogP contribution in [0.3, 0.4) is 0 Å². The molecule has 0 aromatic heterocycles. The largest absolute Gasteiger partial charge is 0.496 e. The molecule has 2 saturated heterocycles. The highest BCUT2D eigenvalue weighted by atomic mass is 16.7. The maximum Gasteiger partial charge on any atom is 0.329 e. The Kier molecular flexibility index (Phi) is 20.3. The molecule has 1 amide bonds. The van der Waals surface area contributed by atoms with Gasteiger partial charge in [-0.1, -0.05) is 45.4 Å². The number of hydrogen-bond donors (Lipinski definition) is 2. The molecule has 386 valence electrons. The molecule has 2 N–H and O–H groups in total. The van der Waals surface area contributed by atoms with Gasteiger partial charge in [0.25, 0.3) is 11.7 Å². The molecule has 3 heterocycles. The molecule has 15 nitrogen and oxygen atoms in total. The van der Waals surface area contributed by atoms with Crippen molar-refractivity contribution in [3.63, 3.8) is 0 Å². The molecule has 1 aromatic carbocycles. The second-order valence-electron chi connectivity index (χ2n) is 20.5. The maximum atomic E-state index is 14.6. The van der Waals surface area contributed by atoms with E-state index in [-0.39, 0.29) is 68.0 Å². The number of carbonyl (C=O) groups excluding carboxylic acids is 5. The Morgan fingerprint density at radius 2 is 1.52 bits per heavy atom. The van der Waals surface area contributed by atoms with Gasteiger partial charge in [0.1, 0.15) is 36.4 Å². The summed E-state index contributed by atoms with van der Waals surface area (Å²) in [6.45, 7) is 14.9. The molecule has 1 saturated carbocycles. The molecule has 0 radical (unpaired) electrons. The highest BCUT2D eigenvalue weighted by Gasteiger charge is 2.56. The van der Waals surface area contributed by atoms with Crippen molar-refractivity contribution in [1.82, 2.24) is 4.90 Å². The van der Waals surface area contributed by atoms with Crippen molar-refractivity contribution in [2.24, 2.45) is 29.6 Å². The van der Waals surface area contributed by atoms with Crippen LogP contribution in [0.4, 0.5) is 0 Å². The molecule has 14 unspecified atom stereocenters. The van der Waals surface area contributed by atoms with Crippen LogP contribution in [0.2, 0.25) is 0 Å². The molecule has 15 heteroatoms. The molecule has 1 aliphatic carbocycles. The highest BCUT2D eigenvalue weighted by Crippen LogP contribution is 2.40. The van der Waals surface area contributed by atoms with Crippen molar-refractivity contribution >= 4 is 29.2 Å². The lowest BCUT2D eigenvalue weighted by Crippen LogP contribution is -2.64. The zero-order valence-corrected chi connectivity index (χ0v) is 43.2. The van der Waals surface area contributed by atoms with Gasteiger partial charge in [0.2, 0.25) is 5.79 Å². The standard InChI is InChI=1S/C54H81NO14/c1-13-38-21-30(2)20-31(3)22-46(64-10)50-47(65-11)26-35(7)54(62,69-50)51(59)52(60)55-19-15-14-16-40(55)53(61)68-49(36(8)41(56)28-42(38)57)32(4)23-37-17-18-44(45(27-37)63-9)67-29-43(58)39-24-33(5)48(66-12)34(6)25-39/h21,23-25,31,35-38,40-41,44-47,49-50,56,62H,13-20,22,26-29H2,1-12H3. The summed E-state index contributed by atoms with van der Waals surface area (Å²) in [6, 6.07) is 2.44. The van der Waals surface area contributed by atoms with Crippen LogP contribution in [0.5, 0.6) is 5.75 Å². The summed E-state index contributed by atoms with van der Waals surface area (Å²) in [7, 11) is 6.28. The molecule has 2 bridgehead atoms. The Hall–Kier alpha value is -3.83. The van der Waals surface area contributed by atoms with Gasteiger partial charge in [-0.15, -0.1) is 0 Å². The average molecular weight is 968 g/mol. The molecule has 4 aliphatic rings. The number of allylic oxidation sites excluding steroid dienone is 3. The summed E-state index contributed by atoms with van der Waals surface area (Å²) in [4.78, 5) is 71.8. The molecule has 69 heavy (non-hydrogen) atoms. The quantitative estimate of drug-likeness (QED) is 0.0996. The maximum absolute atomic E-state index is 14.6. The van der Waals surface area contributed by atoms with E-state index in [9.17, 15) is 34.2 Å². The van der Waals surface area contributed by atoms with E-state index >= 15 is 0 Å². The molecular formula is C54H81NO14. The van der Waals surface area contributed by atoms with Crippen LogP contribution in [0.25, 0.3) is 0 Å². The Balaban J connectivity index is 1.44. The fraction of sp³-hybridized carbons (Fsp3) is 0.722. The number of methoxy groups -OCH3 is 4. The van der Waals surface area contributed by atoms with Gasteiger partial charge in [0.15, 0.2) is 5.78 Å². The number of cyclic esters (lactones) is 1. The fourth-order valence-corrected chi connectivity index (χ4v) is 11.3. The van der Waals surface area contributed by atoms with Crippen LogP contribution in [-0.2, 0) is 47.6 Å². The van der Waals surface area contributed by atoms with Crippen LogP contribution in [-0.4, -0.2) is 140 Å². The summed E-state index contributed by atoms with van der Waals surface area (Å²) in [5.74, 6) is -7.17. The first-order valence-electron chi connectivity index (χ1n) is 25.1. The van der Waals surface area contributed by atoms with Crippen molar-refractivity contribution in [2.45, 2.75) is 181 Å². The number of piperidine rings is 1. The van der Waals surface area contributed by atoms with E-state index in [1.165, 1.54) is 19.1 Å². The number of esters is 1. The smallest absolute Gasteiger partial charge is 0.329 e. The second-order valence-corrected chi connectivity index (χ2v) is 20.5. The third-order valence-electron chi connectivity index (χ3n) is 15.3. The van der Waals surface area contributed by atoms with Crippen molar-refractivity contribution in [3.05, 3.63) is 52.1 Å². The SMILES string of the molecule is CCC1C=C(C)CC(C)CC(OC)C2OC(O)(C(=O)C(=O)N3CCCCC3C(=O)OC(C(C)=CC3CCC(OCC(=O)c4cc(C)c(OC)c(C)c4)C(OC)C3)C(C)C(O)CC1=O)C(C)CC2OC. The summed E-state index contributed by atoms with van der Waals surface area (Å²) in [5.41, 5.74) is 3.90. The zero-order chi connectivity index (χ0) is 50.9. The lowest BCUT2D eigenvalue weighted by molar-refractivity contribution is -0.302. The minimum atomic E-state index is -2.53. The minimum Gasteiger partial charge on any atom is -0.496 e. The number of Topliss-reactive ketones (excluding diaryl/α,β-unsaturated/α-hetero) is 3. The minimum absolute atomic E-state index is 0.0158. The molecular weight excluding hydrogens is 887 g/mol. The number of benzene rings is 1. The molecule has 3 aliphatic heterocycles. The van der Waals surface area contributed by atoms with Gasteiger partial charge in [0, 0.05) is 57.6 Å². The number of nitrogens with zero attached hydrogens (tertiary/aromatic N) is 1. The number of aliphatic hydroxyl groups is 2. The van der Waals surface area contributed by atoms with E-state index in [0.717, 1.165) is 22.4 Å². The number of ether oxygens (including phenoxy) is 7. The number of ketones is 3. The summed E-state index contributed by atoms with van der Waals surface area (Å²) in [6.07, 6.45) is 3.70. The van der Waals surface area contributed by atoms with Crippen LogP contribution in [0, 0.1) is 43.4 Å². The number of aliphatic hydroxyl groups excluding tert-OH is 1. The van der Waals surface area contributed by atoms with Gasteiger partial charge in [-0.2, -0.15) is 0 Å². The Morgan fingerprint density at radius 3 is 2.14 bits per heavy atom. The third kappa shape index (κ3) is 13.4. The second kappa shape index (κ2) is 25.0. The van der Waals surface area contributed by atoms with E-state index in [1.54, 1.807) is 40.2 Å². The Morgan fingerprint density at radius 1 is 0.870 bits per heavy atom. The Labute approximate surface area is 409 Å². The van der Waals surface area contributed by atoms with Crippen LogP contribution >= 0.6 is 0 Å². The van der Waals surface area contributed by atoms with Crippen molar-refractivity contribution < 1.29 is 67.3 Å². The first-order chi connectivity index (χ1) is 32.7. The number of hydrogen-bond acceptors (Lipinski definition) is 14. The Bertz CT molecular complexity index is 2010. The van der Waals surface area contributed by atoms with Gasteiger partial charge in [0.05, 0.1) is 37.6 Å². The molecule has 0 spiro atoms. The van der Waals surface area contributed by atoms with Crippen molar-refractivity contribution in [1.29, 1.82) is 0 Å². The summed E-state index contributed by atoms with van der Waals surface area (Å²) < 4.78 is 42.0. The topological polar surface area (TPSA) is 194 Å². The van der Waals surface area contributed by atoms with Gasteiger partial charge in [-0.05, 0) is 133 Å². The predicted molar refractivity (Wildman–Crippen MR) is 259 cm³/mol. The number of rotatable bonds is 11. The monoisotopic (exact) mass is 968 g/mol. The number of amides is 1. The predicted octanol–water partition coefficient (Wildman–Crippen LogP) is 7.01. The number of carbonyl (C=O) groups is 5. The van der Waals surface area contributed by atoms with Crippen molar-refractivity contribution in [2.75, 3.05) is 41.6 Å². The fourth-order valence-electron chi connectivity index (χ4n) is 11.3. The molecule has 1 aromatic rings. The van der Waals surface area contributed by atoms with Crippen LogP contribution in [0.1, 0.15) is 134 Å². The van der Waals surface area contributed by atoms with Gasteiger partial charge in [-0.3, -0.25) is 19.2 Å². The first kappa shape index (κ1) is 56.1. The van der Waals surface area contributed by atoms with Crippen LogP contribution in [0.15, 0.2) is 35.4 Å². The average Bonchev–Trinajstić information content (AvgIpc) is 3.32. The van der Waals surface area contributed by atoms with E-state index in [4.69, 9.17) is 33.2 Å². The lowest BCUT2D eigenvalue weighted by atomic mass is 9.81. The number of fused-ring (bicyclic) bond motifs is 3. The van der Waals surface area contributed by atoms with E-state index in [2.05, 4.69) is 0 Å². The van der Waals surface area contributed by atoms with E-state index < -0.39 is 77.8 Å². The number of aryl methyl sites for hydroxylation is 2. The van der Waals surface area contributed by atoms with Gasteiger partial charge < -0.3 is 48.3 Å². The lowest BCUT2D eigenvalue weighted by Gasteiger charge is -2.47. The third-order valence-corrected chi connectivity index (χ3v) is 15.3. The van der Waals surface area contributed by atoms with Gasteiger partial charge in [-0.25, -0.2) is 4.79 Å². The van der Waals surface area contributed by atoms with E-state index in [0.29, 0.717) is 62.5 Å². The summed E-state index contributed by atoms with van der Waals surface area (Å²) in [5, 5.41) is 24.0. The highest BCUT2D eigenvalue weighted by molar-refractivity contribution is 6.39. The van der Waals surface area contributed by atoms with Crippen LogP contribution < -0.4 is 4.74 Å².